The molecule has 1 fully saturated rings. The van der Waals surface area contributed by atoms with Crippen molar-refractivity contribution in [2.24, 2.45) is 0 Å². The Balaban J connectivity index is 1.16. The molecule has 0 saturated carbocycles. The van der Waals surface area contributed by atoms with E-state index >= 15 is 0 Å². The zero-order chi connectivity index (χ0) is 24.4. The Morgan fingerprint density at radius 2 is 1.63 bits per heavy atom. The highest BCUT2D eigenvalue weighted by molar-refractivity contribution is 7.89. The first kappa shape index (κ1) is 23.2. The van der Waals surface area contributed by atoms with E-state index in [1.807, 2.05) is 61.5 Å². The number of sulfonamides is 1. The number of nitrogens with zero attached hydrogens (tertiary/aromatic N) is 4. The van der Waals surface area contributed by atoms with Gasteiger partial charge in [-0.2, -0.15) is 4.31 Å². The largest absolute Gasteiger partial charge is 0.421 e. The summed E-state index contributed by atoms with van der Waals surface area (Å²) in [6, 6.07) is 20.6. The maximum Gasteiger partial charge on any atom is 0.247 e. The van der Waals surface area contributed by atoms with Gasteiger partial charge in [-0.25, -0.2) is 8.42 Å². The van der Waals surface area contributed by atoms with Gasteiger partial charge in [0.1, 0.15) is 0 Å². The van der Waals surface area contributed by atoms with Crippen molar-refractivity contribution in [3.05, 3.63) is 78.2 Å². The Hall–Kier alpha value is -3.56. The molecule has 0 aliphatic carbocycles. The van der Waals surface area contributed by atoms with Crippen LogP contribution in [0.4, 0.5) is 0 Å². The average molecular weight is 491 g/mol. The zero-order valence-corrected chi connectivity index (χ0v) is 20.2. The van der Waals surface area contributed by atoms with Crippen molar-refractivity contribution in [2.45, 2.75) is 24.7 Å². The Kier molecular flexibility index (Phi) is 6.36. The predicted molar refractivity (Wildman–Crippen MR) is 132 cm³/mol. The van der Waals surface area contributed by atoms with Gasteiger partial charge >= 0.3 is 0 Å². The lowest BCUT2D eigenvalue weighted by atomic mass is 10.1. The fraction of sp³-hybridized carbons (Fsp3) is 0.269. The summed E-state index contributed by atoms with van der Waals surface area (Å²) in [5.74, 6) is 0.786. The molecule has 35 heavy (non-hydrogen) atoms. The Morgan fingerprint density at radius 3 is 2.37 bits per heavy atom. The number of rotatable bonds is 6. The van der Waals surface area contributed by atoms with Gasteiger partial charge in [-0.05, 0) is 42.0 Å². The molecule has 5 rings (SSSR count). The average Bonchev–Trinajstić information content (AvgIpc) is 3.36. The second-order valence-electron chi connectivity index (χ2n) is 8.66. The molecule has 0 atom stereocenters. The summed E-state index contributed by atoms with van der Waals surface area (Å²) in [4.78, 5) is 14.7. The van der Waals surface area contributed by atoms with Gasteiger partial charge in [0.25, 0.3) is 0 Å². The number of aromatic nitrogens is 2. The van der Waals surface area contributed by atoms with Gasteiger partial charge in [0, 0.05) is 44.6 Å². The first-order valence-electron chi connectivity index (χ1n) is 11.6. The molecule has 0 radical (unpaired) electrons. The molecule has 1 amide bonds. The molecule has 1 saturated heterocycles. The van der Waals surface area contributed by atoms with Crippen LogP contribution < -0.4 is 0 Å². The maximum absolute atomic E-state index is 13.2. The molecule has 1 aliphatic rings. The van der Waals surface area contributed by atoms with Gasteiger partial charge in [0.15, 0.2) is 0 Å². The monoisotopic (exact) mass is 490 g/mol. The molecule has 180 valence electrons. The van der Waals surface area contributed by atoms with E-state index < -0.39 is 10.0 Å². The van der Waals surface area contributed by atoms with Gasteiger partial charge in [0.05, 0.1) is 4.90 Å². The SMILES string of the molecule is Cc1ccc(-c2nnc(CCC(=O)N3CCN(S(=O)(=O)c4ccc5ccccc5c4)CC3)o2)cc1. The lowest BCUT2D eigenvalue weighted by Gasteiger charge is -2.34. The molecule has 0 spiro atoms. The van der Waals surface area contributed by atoms with Crippen molar-refractivity contribution in [1.82, 2.24) is 19.4 Å². The number of fused-ring (bicyclic) bond motifs is 1. The molecule has 0 unspecified atom stereocenters. The Bertz CT molecular complexity index is 1460. The molecule has 4 aromatic rings. The number of benzene rings is 3. The topological polar surface area (TPSA) is 96.6 Å². The second-order valence-corrected chi connectivity index (χ2v) is 10.6. The highest BCUT2D eigenvalue weighted by atomic mass is 32.2. The van der Waals surface area contributed by atoms with Crippen molar-refractivity contribution >= 4 is 26.7 Å². The normalized spacial score (nSPS) is 14.9. The lowest BCUT2D eigenvalue weighted by molar-refractivity contribution is -0.132. The zero-order valence-electron chi connectivity index (χ0n) is 19.4. The van der Waals surface area contributed by atoms with E-state index in [1.165, 1.54) is 4.31 Å². The molecule has 9 heteroatoms. The van der Waals surface area contributed by atoms with E-state index in [4.69, 9.17) is 4.42 Å². The summed E-state index contributed by atoms with van der Waals surface area (Å²) in [5, 5.41) is 10.0. The van der Waals surface area contributed by atoms with Crippen molar-refractivity contribution in [3.8, 4) is 11.5 Å². The van der Waals surface area contributed by atoms with Crippen LogP contribution in [0.15, 0.2) is 76.0 Å². The second kappa shape index (κ2) is 9.59. The molecule has 8 nitrogen and oxygen atoms in total. The van der Waals surface area contributed by atoms with Crippen LogP contribution in [-0.4, -0.2) is 59.9 Å². The number of carbonyl (C=O) groups is 1. The quantitative estimate of drug-likeness (QED) is 0.409. The first-order chi connectivity index (χ1) is 16.9. The molecular weight excluding hydrogens is 464 g/mol. The summed E-state index contributed by atoms with van der Waals surface area (Å²) in [7, 11) is -3.62. The maximum atomic E-state index is 13.2. The van der Waals surface area contributed by atoms with Crippen LogP contribution in [0.25, 0.3) is 22.2 Å². The van der Waals surface area contributed by atoms with E-state index in [9.17, 15) is 13.2 Å². The number of amides is 1. The summed E-state index contributed by atoms with van der Waals surface area (Å²) in [6.07, 6.45) is 0.570. The van der Waals surface area contributed by atoms with Crippen LogP contribution in [-0.2, 0) is 21.2 Å². The van der Waals surface area contributed by atoms with E-state index in [2.05, 4.69) is 10.2 Å². The number of hydrogen-bond acceptors (Lipinski definition) is 6. The smallest absolute Gasteiger partial charge is 0.247 e. The van der Waals surface area contributed by atoms with Crippen molar-refractivity contribution in [3.63, 3.8) is 0 Å². The minimum atomic E-state index is -3.62. The number of piperazine rings is 1. The third-order valence-electron chi connectivity index (χ3n) is 6.27. The van der Waals surface area contributed by atoms with E-state index in [1.54, 1.807) is 17.0 Å². The van der Waals surface area contributed by atoms with E-state index in [0.717, 1.165) is 21.9 Å². The summed E-state index contributed by atoms with van der Waals surface area (Å²) >= 11 is 0. The lowest BCUT2D eigenvalue weighted by Crippen LogP contribution is -2.50. The van der Waals surface area contributed by atoms with Gasteiger partial charge < -0.3 is 9.32 Å². The van der Waals surface area contributed by atoms with Gasteiger partial charge in [-0.3, -0.25) is 4.79 Å². The standard InChI is InChI=1S/C26H26N4O4S/c1-19-6-8-21(9-7-19)26-28-27-24(34-26)12-13-25(31)29-14-16-30(17-15-29)35(32,33)23-11-10-20-4-2-3-5-22(20)18-23/h2-11,18H,12-17H2,1H3. The number of hydrogen-bond donors (Lipinski definition) is 0. The van der Waals surface area contributed by atoms with Crippen molar-refractivity contribution < 1.29 is 17.6 Å². The van der Waals surface area contributed by atoms with Crippen LogP contribution in [0.2, 0.25) is 0 Å². The number of aryl methyl sites for hydroxylation is 2. The van der Waals surface area contributed by atoms with Crippen LogP contribution in [0.1, 0.15) is 17.9 Å². The van der Waals surface area contributed by atoms with Crippen LogP contribution in [0, 0.1) is 6.92 Å². The van der Waals surface area contributed by atoms with E-state index in [0.29, 0.717) is 31.3 Å². The van der Waals surface area contributed by atoms with Crippen LogP contribution in [0.5, 0.6) is 0 Å². The van der Waals surface area contributed by atoms with Crippen LogP contribution in [0.3, 0.4) is 0 Å². The van der Waals surface area contributed by atoms with Crippen molar-refractivity contribution in [2.75, 3.05) is 26.2 Å². The fourth-order valence-electron chi connectivity index (χ4n) is 4.19. The highest BCUT2D eigenvalue weighted by Crippen LogP contribution is 2.23. The Morgan fingerprint density at radius 1 is 0.914 bits per heavy atom. The Labute approximate surface area is 204 Å². The van der Waals surface area contributed by atoms with Gasteiger partial charge in [-0.1, -0.05) is 48.0 Å². The summed E-state index contributed by atoms with van der Waals surface area (Å²) in [5.41, 5.74) is 1.98. The summed E-state index contributed by atoms with van der Waals surface area (Å²) in [6.45, 7) is 3.24. The molecule has 1 aliphatic heterocycles. The highest BCUT2D eigenvalue weighted by Gasteiger charge is 2.30. The van der Waals surface area contributed by atoms with Crippen molar-refractivity contribution in [1.29, 1.82) is 0 Å². The fourth-order valence-corrected chi connectivity index (χ4v) is 5.65. The summed E-state index contributed by atoms with van der Waals surface area (Å²) < 4.78 is 33.5. The number of carbonyl (C=O) groups excluding carboxylic acids is 1. The molecule has 0 bridgehead atoms. The third kappa shape index (κ3) is 4.96. The molecule has 1 aromatic heterocycles. The molecule has 0 N–H and O–H groups in total. The minimum Gasteiger partial charge on any atom is -0.421 e. The van der Waals surface area contributed by atoms with Gasteiger partial charge in [0.2, 0.25) is 27.7 Å². The first-order valence-corrected chi connectivity index (χ1v) is 13.0. The van der Waals surface area contributed by atoms with Gasteiger partial charge in [-0.15, -0.1) is 10.2 Å². The molecular formula is C26H26N4O4S. The van der Waals surface area contributed by atoms with Crippen LogP contribution >= 0.6 is 0 Å². The third-order valence-corrected chi connectivity index (χ3v) is 8.16. The van der Waals surface area contributed by atoms with E-state index in [-0.39, 0.29) is 30.3 Å². The minimum absolute atomic E-state index is 0.0529. The molecule has 3 aromatic carbocycles. The predicted octanol–water partition coefficient (Wildman–Crippen LogP) is 3.66. The molecule has 2 heterocycles.